The van der Waals surface area contributed by atoms with Crippen molar-refractivity contribution in [1.29, 1.82) is 0 Å². The summed E-state index contributed by atoms with van der Waals surface area (Å²) in [7, 11) is 1.38. The molecule has 0 heterocycles. The van der Waals surface area contributed by atoms with E-state index in [1.807, 2.05) is 0 Å². The molecule has 0 aromatic heterocycles. The monoisotopic (exact) mass is 278 g/mol. The number of carbonyl (C=O) groups excluding carboxylic acids is 3. The van der Waals surface area contributed by atoms with Crippen molar-refractivity contribution < 1.29 is 19.1 Å². The van der Waals surface area contributed by atoms with Crippen molar-refractivity contribution in [2.24, 2.45) is 0 Å². The van der Waals surface area contributed by atoms with E-state index in [-0.39, 0.29) is 11.1 Å². The van der Waals surface area contributed by atoms with Crippen LogP contribution < -0.4 is 5.43 Å². The molecule has 1 rings (SSSR count). The van der Waals surface area contributed by atoms with Crippen LogP contribution in [0.5, 0.6) is 0 Å². The van der Waals surface area contributed by atoms with E-state index in [4.69, 9.17) is 4.74 Å². The molecule has 2 amide bonds. The average Bonchev–Trinajstić information content (AvgIpc) is 2.35. The lowest BCUT2D eigenvalue weighted by Gasteiger charge is -2.23. The predicted octanol–water partition coefficient (Wildman–Crippen LogP) is 2.01. The van der Waals surface area contributed by atoms with Crippen LogP contribution in [0.3, 0.4) is 0 Å². The predicted molar refractivity (Wildman–Crippen MR) is 73.3 cm³/mol. The zero-order valence-corrected chi connectivity index (χ0v) is 12.0. The number of rotatable bonds is 2. The van der Waals surface area contributed by atoms with Crippen molar-refractivity contribution in [2.75, 3.05) is 7.05 Å². The summed E-state index contributed by atoms with van der Waals surface area (Å²) in [6.07, 6.45) is -0.147. The van der Waals surface area contributed by atoms with E-state index in [0.29, 0.717) is 6.29 Å². The molecule has 1 aromatic carbocycles. The van der Waals surface area contributed by atoms with Crippen LogP contribution in [0.25, 0.3) is 0 Å². The van der Waals surface area contributed by atoms with Gasteiger partial charge in [0, 0.05) is 12.6 Å². The van der Waals surface area contributed by atoms with Gasteiger partial charge < -0.3 is 4.74 Å². The smallest absolute Gasteiger partial charge is 0.426 e. The molecule has 0 fully saturated rings. The summed E-state index contributed by atoms with van der Waals surface area (Å²) in [5.74, 6) is -0.501. The first-order valence-electron chi connectivity index (χ1n) is 6.06. The van der Waals surface area contributed by atoms with Crippen LogP contribution in [-0.2, 0) is 4.74 Å². The number of hydrogen-bond donors (Lipinski definition) is 1. The van der Waals surface area contributed by atoms with Gasteiger partial charge in [-0.05, 0) is 26.8 Å². The van der Waals surface area contributed by atoms with Crippen molar-refractivity contribution in [2.45, 2.75) is 26.4 Å². The lowest BCUT2D eigenvalue weighted by Crippen LogP contribution is -2.45. The molecule has 0 spiro atoms. The SMILES string of the molecule is CN(NC(=O)OC(C)(C)C)C(=O)c1ccccc1C=O. The minimum Gasteiger partial charge on any atom is -0.443 e. The highest BCUT2D eigenvalue weighted by molar-refractivity contribution is 6.01. The highest BCUT2D eigenvalue weighted by Gasteiger charge is 2.21. The van der Waals surface area contributed by atoms with Gasteiger partial charge in [-0.1, -0.05) is 18.2 Å². The molecular formula is C14H18N2O4. The van der Waals surface area contributed by atoms with E-state index in [9.17, 15) is 14.4 Å². The van der Waals surface area contributed by atoms with E-state index in [2.05, 4.69) is 5.43 Å². The van der Waals surface area contributed by atoms with Crippen LogP contribution >= 0.6 is 0 Å². The van der Waals surface area contributed by atoms with Crippen molar-refractivity contribution >= 4 is 18.3 Å². The molecule has 0 aliphatic carbocycles. The summed E-state index contributed by atoms with van der Waals surface area (Å²) >= 11 is 0. The summed E-state index contributed by atoms with van der Waals surface area (Å²) in [5, 5.41) is 0.983. The maximum Gasteiger partial charge on any atom is 0.426 e. The standard InChI is InChI=1S/C14H18N2O4/c1-14(2,3)20-13(19)15-16(4)12(18)11-8-6-5-7-10(11)9-17/h5-9H,1-4H3,(H,15,19). The van der Waals surface area contributed by atoms with Crippen molar-refractivity contribution in [1.82, 2.24) is 10.4 Å². The quantitative estimate of drug-likeness (QED) is 0.663. The number of benzene rings is 1. The Morgan fingerprint density at radius 1 is 1.25 bits per heavy atom. The Balaban J connectivity index is 2.77. The normalized spacial score (nSPS) is 10.6. The van der Waals surface area contributed by atoms with Gasteiger partial charge in [0.15, 0.2) is 6.29 Å². The fraction of sp³-hybridized carbons (Fsp3) is 0.357. The van der Waals surface area contributed by atoms with Crippen LogP contribution in [0.1, 0.15) is 41.5 Å². The number of hydrogen-bond acceptors (Lipinski definition) is 4. The Morgan fingerprint density at radius 2 is 1.85 bits per heavy atom. The van der Waals surface area contributed by atoms with Crippen molar-refractivity contribution in [3.8, 4) is 0 Å². The molecule has 1 N–H and O–H groups in total. The third kappa shape index (κ3) is 4.38. The molecule has 6 heteroatoms. The third-order valence-electron chi connectivity index (χ3n) is 2.28. The highest BCUT2D eigenvalue weighted by atomic mass is 16.6. The second-order valence-corrected chi connectivity index (χ2v) is 5.18. The summed E-state index contributed by atoms with van der Waals surface area (Å²) in [4.78, 5) is 34.6. The van der Waals surface area contributed by atoms with Crippen molar-refractivity contribution in [3.05, 3.63) is 35.4 Å². The summed E-state index contributed by atoms with van der Waals surface area (Å²) < 4.78 is 5.04. The van der Waals surface area contributed by atoms with Crippen LogP contribution in [0.15, 0.2) is 24.3 Å². The minimum atomic E-state index is -0.739. The fourth-order valence-electron chi connectivity index (χ4n) is 1.46. The molecule has 0 unspecified atom stereocenters. The van der Waals surface area contributed by atoms with Gasteiger partial charge in [0.05, 0.1) is 5.56 Å². The molecule has 0 bridgehead atoms. The average molecular weight is 278 g/mol. The largest absolute Gasteiger partial charge is 0.443 e. The number of nitrogens with zero attached hydrogens (tertiary/aromatic N) is 1. The first kappa shape index (κ1) is 15.7. The third-order valence-corrected chi connectivity index (χ3v) is 2.28. The van der Waals surface area contributed by atoms with Gasteiger partial charge in [0.25, 0.3) is 5.91 Å². The number of hydrazine groups is 1. The van der Waals surface area contributed by atoms with Gasteiger partial charge in [-0.3, -0.25) is 14.6 Å². The number of carbonyl (C=O) groups is 3. The van der Waals surface area contributed by atoms with Crippen LogP contribution in [-0.4, -0.2) is 35.9 Å². The molecule has 20 heavy (non-hydrogen) atoms. The maximum absolute atomic E-state index is 12.1. The Kier molecular flexibility index (Phi) is 4.85. The fourth-order valence-corrected chi connectivity index (χ4v) is 1.46. The highest BCUT2D eigenvalue weighted by Crippen LogP contribution is 2.09. The molecule has 0 radical (unpaired) electrons. The minimum absolute atomic E-state index is 0.209. The number of nitrogens with one attached hydrogen (secondary N) is 1. The molecule has 1 aromatic rings. The van der Waals surface area contributed by atoms with E-state index in [0.717, 1.165) is 5.01 Å². The molecule has 108 valence electrons. The maximum atomic E-state index is 12.1. The Morgan fingerprint density at radius 3 is 2.40 bits per heavy atom. The van der Waals surface area contributed by atoms with Gasteiger partial charge >= 0.3 is 6.09 Å². The Labute approximate surface area is 117 Å². The van der Waals surface area contributed by atoms with Crippen LogP contribution in [0, 0.1) is 0 Å². The summed E-state index contributed by atoms with van der Waals surface area (Å²) in [6.45, 7) is 5.16. The van der Waals surface area contributed by atoms with Gasteiger partial charge in [0.2, 0.25) is 0 Å². The molecule has 6 nitrogen and oxygen atoms in total. The first-order valence-corrected chi connectivity index (χ1v) is 6.06. The molecule has 0 aliphatic heterocycles. The molecular weight excluding hydrogens is 260 g/mol. The molecule has 0 aliphatic rings. The lowest BCUT2D eigenvalue weighted by atomic mass is 10.1. The zero-order valence-electron chi connectivity index (χ0n) is 12.0. The zero-order chi connectivity index (χ0) is 15.3. The first-order chi connectivity index (χ1) is 9.24. The van der Waals surface area contributed by atoms with E-state index in [1.54, 1.807) is 32.9 Å². The second-order valence-electron chi connectivity index (χ2n) is 5.18. The number of aldehydes is 1. The molecule has 0 saturated carbocycles. The van der Waals surface area contributed by atoms with Gasteiger partial charge in [-0.15, -0.1) is 0 Å². The van der Waals surface area contributed by atoms with Gasteiger partial charge in [0.1, 0.15) is 5.60 Å². The van der Waals surface area contributed by atoms with Crippen molar-refractivity contribution in [3.63, 3.8) is 0 Å². The lowest BCUT2D eigenvalue weighted by molar-refractivity contribution is 0.0334. The van der Waals surface area contributed by atoms with E-state index in [1.165, 1.54) is 19.2 Å². The Hall–Kier alpha value is -2.37. The number of amides is 2. The Bertz CT molecular complexity index is 520. The van der Waals surface area contributed by atoms with Crippen LogP contribution in [0.4, 0.5) is 4.79 Å². The number of ether oxygens (including phenoxy) is 1. The topological polar surface area (TPSA) is 75.7 Å². The van der Waals surface area contributed by atoms with E-state index < -0.39 is 17.6 Å². The summed E-state index contributed by atoms with van der Waals surface area (Å²) in [5.41, 5.74) is 2.10. The molecule has 0 saturated heterocycles. The second kappa shape index (κ2) is 6.18. The van der Waals surface area contributed by atoms with Gasteiger partial charge in [-0.2, -0.15) is 0 Å². The van der Waals surface area contributed by atoms with Gasteiger partial charge in [-0.25, -0.2) is 10.2 Å². The van der Waals surface area contributed by atoms with E-state index >= 15 is 0 Å². The molecule has 0 atom stereocenters. The van der Waals surface area contributed by atoms with Crippen LogP contribution in [0.2, 0.25) is 0 Å². The summed E-state index contributed by atoms with van der Waals surface area (Å²) in [6, 6.07) is 6.34.